The van der Waals surface area contributed by atoms with Gasteiger partial charge in [0.2, 0.25) is 0 Å². The summed E-state index contributed by atoms with van der Waals surface area (Å²) in [6, 6.07) is 25.7. The van der Waals surface area contributed by atoms with E-state index in [0.29, 0.717) is 0 Å². The van der Waals surface area contributed by atoms with Gasteiger partial charge in [-0.05, 0) is 55.0 Å². The van der Waals surface area contributed by atoms with Gasteiger partial charge in [-0.3, -0.25) is 0 Å². The minimum Gasteiger partial charge on any atom is -0.494 e. The molecule has 3 aromatic carbocycles. The van der Waals surface area contributed by atoms with Gasteiger partial charge in [0.1, 0.15) is 5.75 Å². The minimum atomic E-state index is 0.787. The minimum absolute atomic E-state index is 0.787. The molecule has 0 amide bonds. The molecule has 1 heterocycles. The van der Waals surface area contributed by atoms with E-state index >= 15 is 0 Å². The van der Waals surface area contributed by atoms with Crippen LogP contribution in [0.25, 0.3) is 27.5 Å². The second-order valence-corrected chi connectivity index (χ2v) is 8.01. The Morgan fingerprint density at radius 2 is 1.34 bits per heavy atom. The maximum Gasteiger partial charge on any atom is 0.120 e. The van der Waals surface area contributed by atoms with Gasteiger partial charge >= 0.3 is 0 Å². The quantitative estimate of drug-likeness (QED) is 0.215. The molecule has 0 bridgehead atoms. The zero-order chi connectivity index (χ0) is 19.9. The number of aromatic nitrogens is 1. The van der Waals surface area contributed by atoms with E-state index in [1.54, 1.807) is 0 Å². The topological polar surface area (TPSA) is 14.2 Å². The lowest BCUT2D eigenvalue weighted by Crippen LogP contribution is -1.97. The van der Waals surface area contributed by atoms with E-state index in [0.717, 1.165) is 24.5 Å². The van der Waals surface area contributed by atoms with Crippen molar-refractivity contribution in [2.24, 2.45) is 0 Å². The fourth-order valence-corrected chi connectivity index (χ4v) is 4.23. The van der Waals surface area contributed by atoms with Crippen molar-refractivity contribution in [1.29, 1.82) is 0 Å². The third-order valence-corrected chi connectivity index (χ3v) is 5.80. The predicted octanol–water partition coefficient (Wildman–Crippen LogP) is 7.43. The summed E-state index contributed by atoms with van der Waals surface area (Å²) < 4.78 is 8.42. The SMILES string of the molecule is SCCCCCCCCOc1ccc2c(c1)c1ccccc1n2-c1ccccc1. The van der Waals surface area contributed by atoms with Crippen molar-refractivity contribution in [3.63, 3.8) is 0 Å². The number of benzene rings is 3. The standard InChI is InChI=1S/C26H29NOS/c29-19-11-4-2-1-3-10-18-28-22-16-17-26-24(20-22)23-14-8-9-15-25(23)27(26)21-12-6-5-7-13-21/h5-9,12-17,20,29H,1-4,10-11,18-19H2. The van der Waals surface area contributed by atoms with E-state index in [-0.39, 0.29) is 0 Å². The van der Waals surface area contributed by atoms with E-state index in [2.05, 4.69) is 90.0 Å². The molecule has 0 saturated heterocycles. The van der Waals surface area contributed by atoms with Gasteiger partial charge in [-0.15, -0.1) is 0 Å². The molecule has 0 unspecified atom stereocenters. The summed E-state index contributed by atoms with van der Waals surface area (Å²) in [5.74, 6) is 1.97. The molecule has 2 nitrogen and oxygen atoms in total. The van der Waals surface area contributed by atoms with Gasteiger partial charge < -0.3 is 9.30 Å². The Bertz CT molecular complexity index is 1050. The largest absolute Gasteiger partial charge is 0.494 e. The third-order valence-electron chi connectivity index (χ3n) is 5.48. The monoisotopic (exact) mass is 403 g/mol. The average molecular weight is 404 g/mol. The maximum atomic E-state index is 6.08. The highest BCUT2D eigenvalue weighted by molar-refractivity contribution is 7.80. The Labute approximate surface area is 178 Å². The Hall–Kier alpha value is -2.39. The molecule has 0 atom stereocenters. The van der Waals surface area contributed by atoms with Gasteiger partial charge in [-0.1, -0.05) is 62.1 Å². The smallest absolute Gasteiger partial charge is 0.120 e. The van der Waals surface area contributed by atoms with Gasteiger partial charge in [0.15, 0.2) is 0 Å². The van der Waals surface area contributed by atoms with E-state index in [9.17, 15) is 0 Å². The maximum absolute atomic E-state index is 6.08. The predicted molar refractivity (Wildman–Crippen MR) is 128 cm³/mol. The highest BCUT2D eigenvalue weighted by Gasteiger charge is 2.12. The normalized spacial score (nSPS) is 11.3. The molecule has 0 aliphatic carbocycles. The van der Waals surface area contributed by atoms with Crippen molar-refractivity contribution < 1.29 is 4.74 Å². The molecule has 0 aliphatic heterocycles. The number of unbranched alkanes of at least 4 members (excludes halogenated alkanes) is 5. The Balaban J connectivity index is 1.50. The number of hydrogen-bond donors (Lipinski definition) is 1. The van der Waals surface area contributed by atoms with Gasteiger partial charge in [-0.25, -0.2) is 0 Å². The van der Waals surface area contributed by atoms with Crippen molar-refractivity contribution in [2.75, 3.05) is 12.4 Å². The molecule has 4 rings (SSSR count). The number of para-hydroxylation sites is 2. The van der Waals surface area contributed by atoms with Crippen LogP contribution in [0.4, 0.5) is 0 Å². The van der Waals surface area contributed by atoms with Crippen molar-refractivity contribution in [3.8, 4) is 11.4 Å². The fourth-order valence-electron chi connectivity index (χ4n) is 4.01. The lowest BCUT2D eigenvalue weighted by atomic mass is 10.1. The molecule has 4 aromatic rings. The molecule has 0 spiro atoms. The number of fused-ring (bicyclic) bond motifs is 3. The van der Waals surface area contributed by atoms with Gasteiger partial charge in [-0.2, -0.15) is 12.6 Å². The Morgan fingerprint density at radius 1 is 0.655 bits per heavy atom. The molecule has 150 valence electrons. The number of hydrogen-bond acceptors (Lipinski definition) is 2. The molecule has 0 aliphatic rings. The number of rotatable bonds is 10. The van der Waals surface area contributed by atoms with Gasteiger partial charge in [0.05, 0.1) is 17.6 Å². The number of ether oxygens (including phenoxy) is 1. The first kappa shape index (κ1) is 19.9. The van der Waals surface area contributed by atoms with Crippen LogP contribution in [0.1, 0.15) is 38.5 Å². The summed E-state index contributed by atoms with van der Waals surface area (Å²) >= 11 is 4.27. The fraction of sp³-hybridized carbons (Fsp3) is 0.308. The highest BCUT2D eigenvalue weighted by atomic mass is 32.1. The molecule has 1 aromatic heterocycles. The van der Waals surface area contributed by atoms with Crippen LogP contribution in [-0.4, -0.2) is 16.9 Å². The lowest BCUT2D eigenvalue weighted by molar-refractivity contribution is 0.305. The molecular formula is C26H29NOS. The highest BCUT2D eigenvalue weighted by Crippen LogP contribution is 2.34. The molecule has 0 radical (unpaired) electrons. The zero-order valence-electron chi connectivity index (χ0n) is 16.9. The molecule has 0 saturated carbocycles. The molecule has 29 heavy (non-hydrogen) atoms. The van der Waals surface area contributed by atoms with E-state index < -0.39 is 0 Å². The van der Waals surface area contributed by atoms with Gasteiger partial charge in [0, 0.05) is 16.5 Å². The molecule has 3 heteroatoms. The van der Waals surface area contributed by atoms with Crippen LogP contribution in [0.2, 0.25) is 0 Å². The Kier molecular flexibility index (Phi) is 6.79. The Morgan fingerprint density at radius 3 is 2.17 bits per heavy atom. The van der Waals surface area contributed by atoms with Crippen LogP contribution in [0.5, 0.6) is 5.75 Å². The second kappa shape index (κ2) is 9.89. The average Bonchev–Trinajstić information content (AvgIpc) is 3.10. The van der Waals surface area contributed by atoms with Crippen molar-refractivity contribution >= 4 is 34.4 Å². The second-order valence-electron chi connectivity index (χ2n) is 7.56. The van der Waals surface area contributed by atoms with E-state index in [1.165, 1.54) is 59.6 Å². The van der Waals surface area contributed by atoms with Crippen LogP contribution >= 0.6 is 12.6 Å². The summed E-state index contributed by atoms with van der Waals surface area (Å²) in [6.07, 6.45) is 7.49. The summed E-state index contributed by atoms with van der Waals surface area (Å²) in [6.45, 7) is 0.787. The molecular weight excluding hydrogens is 374 g/mol. The first-order valence-electron chi connectivity index (χ1n) is 10.7. The first-order chi connectivity index (χ1) is 14.4. The summed E-state index contributed by atoms with van der Waals surface area (Å²) in [5, 5.41) is 2.51. The van der Waals surface area contributed by atoms with Crippen LogP contribution in [0.15, 0.2) is 72.8 Å². The number of thiol groups is 1. The summed E-state index contributed by atoms with van der Waals surface area (Å²) in [4.78, 5) is 0. The van der Waals surface area contributed by atoms with E-state index in [1.807, 2.05) is 0 Å². The first-order valence-corrected chi connectivity index (χ1v) is 11.3. The van der Waals surface area contributed by atoms with Crippen LogP contribution in [-0.2, 0) is 0 Å². The molecule has 0 fully saturated rings. The zero-order valence-corrected chi connectivity index (χ0v) is 17.8. The molecule has 0 N–H and O–H groups in total. The summed E-state index contributed by atoms with van der Waals surface area (Å²) in [7, 11) is 0. The van der Waals surface area contributed by atoms with Crippen LogP contribution in [0, 0.1) is 0 Å². The van der Waals surface area contributed by atoms with Crippen molar-refractivity contribution in [3.05, 3.63) is 72.8 Å². The van der Waals surface area contributed by atoms with E-state index in [4.69, 9.17) is 4.74 Å². The van der Waals surface area contributed by atoms with Crippen LogP contribution in [0.3, 0.4) is 0 Å². The summed E-state index contributed by atoms with van der Waals surface area (Å²) in [5.41, 5.74) is 3.63. The van der Waals surface area contributed by atoms with Crippen molar-refractivity contribution in [2.45, 2.75) is 38.5 Å². The van der Waals surface area contributed by atoms with Crippen molar-refractivity contribution in [1.82, 2.24) is 4.57 Å². The van der Waals surface area contributed by atoms with Gasteiger partial charge in [0.25, 0.3) is 0 Å². The lowest BCUT2D eigenvalue weighted by Gasteiger charge is -2.09. The third kappa shape index (κ3) is 4.62. The number of nitrogens with zero attached hydrogens (tertiary/aromatic N) is 1. The van der Waals surface area contributed by atoms with Crippen LogP contribution < -0.4 is 4.74 Å².